The smallest absolute Gasteiger partial charge is 0.336 e. The van der Waals surface area contributed by atoms with Crippen molar-refractivity contribution >= 4 is 28.5 Å². The van der Waals surface area contributed by atoms with Gasteiger partial charge >= 0.3 is 5.63 Å². The van der Waals surface area contributed by atoms with E-state index in [0.29, 0.717) is 16.4 Å². The molecule has 0 aliphatic rings. The predicted octanol–water partition coefficient (Wildman–Crippen LogP) is 4.01. The Hall–Kier alpha value is -2.79. The first-order valence-corrected chi connectivity index (χ1v) is 8.52. The van der Waals surface area contributed by atoms with E-state index in [1.807, 2.05) is 26.0 Å². The maximum absolute atomic E-state index is 12.1. The van der Waals surface area contributed by atoms with Crippen LogP contribution in [-0.2, 0) is 4.79 Å². The molecule has 1 atom stereocenters. The molecular weight excluding hydrogens is 354 g/mol. The summed E-state index contributed by atoms with van der Waals surface area (Å²) in [4.78, 5) is 23.6. The Bertz CT molecular complexity index is 995. The minimum atomic E-state index is -0.415. The van der Waals surface area contributed by atoms with E-state index < -0.39 is 5.63 Å². The van der Waals surface area contributed by atoms with Gasteiger partial charge in [0, 0.05) is 22.5 Å². The normalized spacial score (nSPS) is 12.0. The summed E-state index contributed by atoms with van der Waals surface area (Å²) in [5, 5.41) is 4.34. The van der Waals surface area contributed by atoms with Crippen molar-refractivity contribution in [2.45, 2.75) is 19.9 Å². The molecule has 3 aromatic rings. The third kappa shape index (κ3) is 4.24. The van der Waals surface area contributed by atoms with Crippen LogP contribution >= 0.6 is 11.6 Å². The first-order chi connectivity index (χ1) is 12.4. The van der Waals surface area contributed by atoms with Gasteiger partial charge in [-0.15, -0.1) is 0 Å². The molecule has 1 aromatic heterocycles. The van der Waals surface area contributed by atoms with E-state index in [0.717, 1.165) is 16.5 Å². The summed E-state index contributed by atoms with van der Waals surface area (Å²) in [6.07, 6.45) is 0. The number of nitrogens with one attached hydrogen (secondary N) is 1. The van der Waals surface area contributed by atoms with Crippen molar-refractivity contribution in [1.29, 1.82) is 0 Å². The van der Waals surface area contributed by atoms with Crippen LogP contribution in [0.3, 0.4) is 0 Å². The first-order valence-electron chi connectivity index (χ1n) is 8.14. The first kappa shape index (κ1) is 18.0. The number of carbonyl (C=O) groups excluding carboxylic acids is 1. The monoisotopic (exact) mass is 371 g/mol. The Kier molecular flexibility index (Phi) is 5.28. The minimum absolute atomic E-state index is 0.139. The van der Waals surface area contributed by atoms with Crippen LogP contribution in [0.2, 0.25) is 5.02 Å². The predicted molar refractivity (Wildman–Crippen MR) is 101 cm³/mol. The van der Waals surface area contributed by atoms with Crippen molar-refractivity contribution in [3.63, 3.8) is 0 Å². The molecule has 5 nitrogen and oxygen atoms in total. The lowest BCUT2D eigenvalue weighted by atomic mass is 10.1. The highest BCUT2D eigenvalue weighted by Crippen LogP contribution is 2.22. The zero-order valence-corrected chi connectivity index (χ0v) is 15.2. The fraction of sp³-hybridized carbons (Fsp3) is 0.200. The number of carbonyl (C=O) groups is 1. The standard InChI is InChI=1S/C20H18ClNO4/c1-12-9-20(24)26-18-10-16(7-8-17(12)18)25-11-19(23)22-13(2)14-3-5-15(21)6-4-14/h3-10,13H,11H2,1-2H3,(H,22,23)/t13-/m1/s1. The summed E-state index contributed by atoms with van der Waals surface area (Å²) in [7, 11) is 0. The van der Waals surface area contributed by atoms with Crippen LogP contribution in [0, 0.1) is 6.92 Å². The molecule has 134 valence electrons. The van der Waals surface area contributed by atoms with E-state index in [9.17, 15) is 9.59 Å². The lowest BCUT2D eigenvalue weighted by Crippen LogP contribution is -2.31. The van der Waals surface area contributed by atoms with E-state index in [2.05, 4.69) is 5.32 Å². The number of fused-ring (bicyclic) bond motifs is 1. The van der Waals surface area contributed by atoms with Crippen LogP contribution in [0.15, 0.2) is 57.7 Å². The zero-order valence-electron chi connectivity index (χ0n) is 14.4. The van der Waals surface area contributed by atoms with Crippen LogP contribution in [0.25, 0.3) is 11.0 Å². The molecule has 1 heterocycles. The van der Waals surface area contributed by atoms with Gasteiger partial charge in [-0.1, -0.05) is 23.7 Å². The summed E-state index contributed by atoms with van der Waals surface area (Å²) in [6, 6.07) is 13.7. The average Bonchev–Trinajstić information content (AvgIpc) is 2.60. The number of rotatable bonds is 5. The molecule has 2 aromatic carbocycles. The van der Waals surface area contributed by atoms with Gasteiger partial charge < -0.3 is 14.5 Å². The van der Waals surface area contributed by atoms with E-state index in [1.165, 1.54) is 6.07 Å². The van der Waals surface area contributed by atoms with Gasteiger partial charge in [0.05, 0.1) is 6.04 Å². The molecule has 0 spiro atoms. The van der Waals surface area contributed by atoms with Crippen molar-refractivity contribution < 1.29 is 13.9 Å². The van der Waals surface area contributed by atoms with Gasteiger partial charge in [0.1, 0.15) is 11.3 Å². The molecule has 6 heteroatoms. The molecular formula is C20H18ClNO4. The molecule has 0 saturated carbocycles. The third-order valence-corrected chi connectivity index (χ3v) is 4.29. The Morgan fingerprint density at radius 3 is 2.65 bits per heavy atom. The van der Waals surface area contributed by atoms with Gasteiger partial charge in [-0.25, -0.2) is 4.79 Å². The average molecular weight is 372 g/mol. The van der Waals surface area contributed by atoms with Crippen LogP contribution in [-0.4, -0.2) is 12.5 Å². The number of halogens is 1. The summed E-state index contributed by atoms with van der Waals surface area (Å²) in [5.41, 5.74) is 1.80. The van der Waals surface area contributed by atoms with Crippen LogP contribution in [0.4, 0.5) is 0 Å². The molecule has 0 aliphatic carbocycles. The van der Waals surface area contributed by atoms with Crippen molar-refractivity contribution in [2.75, 3.05) is 6.61 Å². The summed E-state index contributed by atoms with van der Waals surface area (Å²) < 4.78 is 10.7. The molecule has 0 radical (unpaired) electrons. The van der Waals surface area contributed by atoms with Gasteiger partial charge in [-0.05, 0) is 49.2 Å². The van der Waals surface area contributed by atoms with Gasteiger partial charge in [-0.3, -0.25) is 4.79 Å². The van der Waals surface area contributed by atoms with Gasteiger partial charge in [0.25, 0.3) is 5.91 Å². The van der Waals surface area contributed by atoms with Gasteiger partial charge in [-0.2, -0.15) is 0 Å². The fourth-order valence-electron chi connectivity index (χ4n) is 2.66. The van der Waals surface area contributed by atoms with E-state index in [-0.39, 0.29) is 18.6 Å². The highest BCUT2D eigenvalue weighted by atomic mass is 35.5. The third-order valence-electron chi connectivity index (χ3n) is 4.04. The number of benzene rings is 2. The highest BCUT2D eigenvalue weighted by Gasteiger charge is 2.11. The molecule has 0 aliphatic heterocycles. The molecule has 26 heavy (non-hydrogen) atoms. The number of amides is 1. The Balaban J connectivity index is 1.63. The molecule has 1 N–H and O–H groups in total. The summed E-state index contributed by atoms with van der Waals surface area (Å²) in [6.45, 7) is 3.58. The SMILES string of the molecule is Cc1cc(=O)oc2cc(OCC(=O)N[C@H](C)c3ccc(Cl)cc3)ccc12. The second-order valence-corrected chi connectivity index (χ2v) is 6.47. The fourth-order valence-corrected chi connectivity index (χ4v) is 2.79. The topological polar surface area (TPSA) is 68.5 Å². The maximum atomic E-state index is 12.1. The Morgan fingerprint density at radius 2 is 1.92 bits per heavy atom. The molecule has 0 bridgehead atoms. The molecule has 0 fully saturated rings. The Morgan fingerprint density at radius 1 is 1.19 bits per heavy atom. The molecule has 0 unspecified atom stereocenters. The van der Waals surface area contributed by atoms with Crippen molar-refractivity contribution in [3.8, 4) is 5.75 Å². The number of ether oxygens (including phenoxy) is 1. The van der Waals surface area contributed by atoms with Crippen molar-refractivity contribution in [2.24, 2.45) is 0 Å². The van der Waals surface area contributed by atoms with Crippen molar-refractivity contribution in [3.05, 3.63) is 75.1 Å². The lowest BCUT2D eigenvalue weighted by molar-refractivity contribution is -0.123. The largest absolute Gasteiger partial charge is 0.484 e. The van der Waals surface area contributed by atoms with Crippen LogP contribution in [0.5, 0.6) is 5.75 Å². The van der Waals surface area contributed by atoms with E-state index in [1.54, 1.807) is 30.3 Å². The van der Waals surface area contributed by atoms with E-state index >= 15 is 0 Å². The minimum Gasteiger partial charge on any atom is -0.484 e. The molecule has 0 saturated heterocycles. The second kappa shape index (κ2) is 7.62. The number of hydrogen-bond donors (Lipinski definition) is 1. The van der Waals surface area contributed by atoms with Crippen LogP contribution in [0.1, 0.15) is 24.1 Å². The van der Waals surface area contributed by atoms with E-state index in [4.69, 9.17) is 20.8 Å². The zero-order chi connectivity index (χ0) is 18.7. The quantitative estimate of drug-likeness (QED) is 0.688. The number of hydrogen-bond acceptors (Lipinski definition) is 4. The summed E-state index contributed by atoms with van der Waals surface area (Å²) >= 11 is 5.87. The highest BCUT2D eigenvalue weighted by molar-refractivity contribution is 6.30. The van der Waals surface area contributed by atoms with Gasteiger partial charge in [0.15, 0.2) is 6.61 Å². The second-order valence-electron chi connectivity index (χ2n) is 6.04. The number of aryl methyl sites for hydroxylation is 1. The van der Waals surface area contributed by atoms with Crippen LogP contribution < -0.4 is 15.7 Å². The molecule has 1 amide bonds. The molecule has 3 rings (SSSR count). The lowest BCUT2D eigenvalue weighted by Gasteiger charge is -2.15. The summed E-state index contributed by atoms with van der Waals surface area (Å²) in [5.74, 6) is 0.207. The maximum Gasteiger partial charge on any atom is 0.336 e. The van der Waals surface area contributed by atoms with Gasteiger partial charge in [0.2, 0.25) is 0 Å². The van der Waals surface area contributed by atoms with Crippen molar-refractivity contribution in [1.82, 2.24) is 5.32 Å². The Labute approximate surface area is 155 Å².